The first-order valence-electron chi connectivity index (χ1n) is 7.10. The quantitative estimate of drug-likeness (QED) is 0.909. The van der Waals surface area contributed by atoms with Crippen LogP contribution in [-0.2, 0) is 21.4 Å². The number of nitrogens with one attached hydrogen (secondary N) is 1. The number of furan rings is 1. The lowest BCUT2D eigenvalue weighted by Crippen LogP contribution is -2.24. The van der Waals surface area contributed by atoms with Gasteiger partial charge in [0.05, 0.1) is 4.90 Å². The van der Waals surface area contributed by atoms with E-state index in [1.807, 2.05) is 13.0 Å². The number of rotatable bonds is 5. The topological polar surface area (TPSA) is 79.6 Å². The lowest BCUT2D eigenvalue weighted by molar-refractivity contribution is -0.116. The minimum atomic E-state index is -3.62. The van der Waals surface area contributed by atoms with Crippen molar-refractivity contribution < 1.29 is 17.6 Å². The van der Waals surface area contributed by atoms with Crippen LogP contribution in [0.15, 0.2) is 39.6 Å². The summed E-state index contributed by atoms with van der Waals surface area (Å²) in [6.45, 7) is 5.22. The Labute approximate surface area is 136 Å². The van der Waals surface area contributed by atoms with Crippen molar-refractivity contribution in [3.63, 3.8) is 0 Å². The predicted octanol–water partition coefficient (Wildman–Crippen LogP) is 2.36. The van der Waals surface area contributed by atoms with Crippen LogP contribution in [0.5, 0.6) is 0 Å². The van der Waals surface area contributed by atoms with Gasteiger partial charge in [-0.05, 0) is 44.2 Å². The van der Waals surface area contributed by atoms with Gasteiger partial charge in [0.25, 0.3) is 0 Å². The average Bonchev–Trinajstić information content (AvgIpc) is 2.82. The van der Waals surface area contributed by atoms with Gasteiger partial charge < -0.3 is 9.32 Å². The smallest absolute Gasteiger partial charge is 0.240 e. The lowest BCUT2D eigenvalue weighted by atomic mass is 10.2. The molecule has 23 heavy (non-hydrogen) atoms. The first-order valence-corrected chi connectivity index (χ1v) is 8.59. The molecular formula is C16H20N2O4S. The fraction of sp³-hybridized carbons (Fsp3) is 0.312. The molecule has 1 aromatic carbocycles. The molecule has 2 aromatic rings. The highest BCUT2D eigenvalue weighted by atomic mass is 32.2. The molecular weight excluding hydrogens is 316 g/mol. The second kappa shape index (κ2) is 6.55. The Morgan fingerprint density at radius 3 is 2.30 bits per heavy atom. The third-order valence-corrected chi connectivity index (χ3v) is 5.02. The molecule has 0 radical (unpaired) electrons. The molecule has 0 atom stereocenters. The van der Waals surface area contributed by atoms with E-state index in [4.69, 9.17) is 4.42 Å². The SMILES string of the molecule is CC(=O)N(C)c1ccc(S(=O)(=O)NCc2cc(C)oc2C)cc1. The van der Waals surface area contributed by atoms with Crippen molar-refractivity contribution in [2.75, 3.05) is 11.9 Å². The van der Waals surface area contributed by atoms with Crippen LogP contribution in [0.25, 0.3) is 0 Å². The summed E-state index contributed by atoms with van der Waals surface area (Å²) < 4.78 is 32.6. The normalized spacial score (nSPS) is 11.5. The maximum atomic E-state index is 12.3. The molecule has 0 unspecified atom stereocenters. The number of carbonyl (C=O) groups excluding carboxylic acids is 1. The molecule has 1 amide bonds. The molecule has 0 aliphatic heterocycles. The van der Waals surface area contributed by atoms with Crippen molar-refractivity contribution >= 4 is 21.6 Å². The van der Waals surface area contributed by atoms with Gasteiger partial charge in [0, 0.05) is 31.8 Å². The van der Waals surface area contributed by atoms with Gasteiger partial charge in [-0.25, -0.2) is 13.1 Å². The van der Waals surface area contributed by atoms with Crippen LogP contribution in [-0.4, -0.2) is 21.4 Å². The Bertz CT molecular complexity index is 807. The molecule has 6 nitrogen and oxygen atoms in total. The summed E-state index contributed by atoms with van der Waals surface area (Å²) in [5.74, 6) is 1.32. The molecule has 1 N–H and O–H groups in total. The first-order chi connectivity index (χ1) is 10.7. The van der Waals surface area contributed by atoms with E-state index in [1.165, 1.54) is 24.0 Å². The number of carbonyl (C=O) groups is 1. The molecule has 0 aliphatic carbocycles. The third kappa shape index (κ3) is 4.00. The molecule has 1 aromatic heterocycles. The second-order valence-electron chi connectivity index (χ2n) is 5.33. The third-order valence-electron chi connectivity index (χ3n) is 3.60. The molecule has 124 valence electrons. The van der Waals surface area contributed by atoms with E-state index >= 15 is 0 Å². The predicted molar refractivity (Wildman–Crippen MR) is 87.7 cm³/mol. The molecule has 0 bridgehead atoms. The van der Waals surface area contributed by atoms with Crippen LogP contribution < -0.4 is 9.62 Å². The van der Waals surface area contributed by atoms with Crippen LogP contribution >= 0.6 is 0 Å². The summed E-state index contributed by atoms with van der Waals surface area (Å²) in [6, 6.07) is 7.96. The van der Waals surface area contributed by atoms with Gasteiger partial charge in [-0.1, -0.05) is 0 Å². The largest absolute Gasteiger partial charge is 0.466 e. The Hall–Kier alpha value is -2.12. The number of aryl methyl sites for hydroxylation is 2. The van der Waals surface area contributed by atoms with Crippen LogP contribution in [0.3, 0.4) is 0 Å². The van der Waals surface area contributed by atoms with Crippen molar-refractivity contribution in [3.05, 3.63) is 47.4 Å². The van der Waals surface area contributed by atoms with Gasteiger partial charge in [0.15, 0.2) is 0 Å². The average molecular weight is 336 g/mol. The van der Waals surface area contributed by atoms with E-state index in [-0.39, 0.29) is 17.3 Å². The van der Waals surface area contributed by atoms with E-state index < -0.39 is 10.0 Å². The standard InChI is InChI=1S/C16H20N2O4S/c1-11-9-14(12(2)22-11)10-17-23(20,21)16-7-5-15(6-8-16)18(4)13(3)19/h5-9,17H,10H2,1-4H3. The summed E-state index contributed by atoms with van der Waals surface area (Å²) in [5.41, 5.74) is 1.44. The molecule has 0 aliphatic rings. The molecule has 0 spiro atoms. The van der Waals surface area contributed by atoms with E-state index in [0.717, 1.165) is 11.3 Å². The summed E-state index contributed by atoms with van der Waals surface area (Å²) >= 11 is 0. The lowest BCUT2D eigenvalue weighted by Gasteiger charge is -2.15. The number of hydrogen-bond donors (Lipinski definition) is 1. The second-order valence-corrected chi connectivity index (χ2v) is 7.10. The molecule has 7 heteroatoms. The van der Waals surface area contributed by atoms with Gasteiger partial charge in [0.1, 0.15) is 11.5 Å². The Kier molecular flexibility index (Phi) is 4.91. The molecule has 1 heterocycles. The Morgan fingerprint density at radius 1 is 1.22 bits per heavy atom. The molecule has 0 fully saturated rings. The highest BCUT2D eigenvalue weighted by Gasteiger charge is 2.16. The van der Waals surface area contributed by atoms with Gasteiger partial charge in [-0.3, -0.25) is 4.79 Å². The Morgan fingerprint density at radius 2 is 1.83 bits per heavy atom. The zero-order valence-electron chi connectivity index (χ0n) is 13.6. The van der Waals surface area contributed by atoms with E-state index in [2.05, 4.69) is 4.72 Å². The summed E-state index contributed by atoms with van der Waals surface area (Å²) in [6.07, 6.45) is 0. The first kappa shape index (κ1) is 17.2. The fourth-order valence-corrected chi connectivity index (χ4v) is 3.15. The molecule has 0 saturated heterocycles. The van der Waals surface area contributed by atoms with Gasteiger partial charge in [-0.2, -0.15) is 0 Å². The van der Waals surface area contributed by atoms with Gasteiger partial charge in [0.2, 0.25) is 15.9 Å². The highest BCUT2D eigenvalue weighted by Crippen LogP contribution is 2.18. The number of nitrogens with zero attached hydrogens (tertiary/aromatic N) is 1. The minimum absolute atomic E-state index is 0.121. The summed E-state index contributed by atoms with van der Waals surface area (Å²) in [5, 5.41) is 0. The van der Waals surface area contributed by atoms with Crippen LogP contribution in [0, 0.1) is 13.8 Å². The number of anilines is 1. The number of benzene rings is 1. The van der Waals surface area contributed by atoms with Crippen LogP contribution in [0.2, 0.25) is 0 Å². The van der Waals surface area contributed by atoms with E-state index in [1.54, 1.807) is 26.1 Å². The van der Waals surface area contributed by atoms with Crippen molar-refractivity contribution in [2.24, 2.45) is 0 Å². The van der Waals surface area contributed by atoms with Crippen molar-refractivity contribution in [2.45, 2.75) is 32.2 Å². The van der Waals surface area contributed by atoms with Crippen molar-refractivity contribution in [3.8, 4) is 0 Å². The van der Waals surface area contributed by atoms with E-state index in [9.17, 15) is 13.2 Å². The number of hydrogen-bond acceptors (Lipinski definition) is 4. The molecule has 2 rings (SSSR count). The Balaban J connectivity index is 2.13. The minimum Gasteiger partial charge on any atom is -0.466 e. The highest BCUT2D eigenvalue weighted by molar-refractivity contribution is 7.89. The summed E-state index contributed by atoms with van der Waals surface area (Å²) in [4.78, 5) is 12.9. The zero-order chi connectivity index (χ0) is 17.2. The molecule has 0 saturated carbocycles. The van der Waals surface area contributed by atoms with Gasteiger partial charge in [-0.15, -0.1) is 0 Å². The number of amides is 1. The van der Waals surface area contributed by atoms with Crippen molar-refractivity contribution in [1.29, 1.82) is 0 Å². The zero-order valence-corrected chi connectivity index (χ0v) is 14.4. The van der Waals surface area contributed by atoms with Crippen molar-refractivity contribution in [1.82, 2.24) is 4.72 Å². The maximum Gasteiger partial charge on any atom is 0.240 e. The van der Waals surface area contributed by atoms with Crippen LogP contribution in [0.4, 0.5) is 5.69 Å². The fourth-order valence-electron chi connectivity index (χ4n) is 2.15. The van der Waals surface area contributed by atoms with Gasteiger partial charge >= 0.3 is 0 Å². The van der Waals surface area contributed by atoms with Crippen LogP contribution in [0.1, 0.15) is 24.0 Å². The maximum absolute atomic E-state index is 12.3. The summed E-state index contributed by atoms with van der Waals surface area (Å²) in [7, 11) is -1.99. The van der Waals surface area contributed by atoms with E-state index in [0.29, 0.717) is 11.4 Å². The number of sulfonamides is 1. The monoisotopic (exact) mass is 336 g/mol.